The van der Waals surface area contributed by atoms with Crippen molar-refractivity contribution in [1.29, 1.82) is 0 Å². The SMILES string of the molecule is CCOC(=O)C(C(=O)[C@@H]1C[C@@H](F)CN1C(=O)OC(C)(C)C)n1cc2c(Cl)cc(-c3ccc(N4CCOCC4)cc3)c(C(F)F)c2n1. The van der Waals surface area contributed by atoms with E-state index < -0.39 is 60.2 Å². The molecule has 3 aromatic rings. The first-order chi connectivity index (χ1) is 21.8. The summed E-state index contributed by atoms with van der Waals surface area (Å²) in [6.07, 6.45) is -4.65. The Kier molecular flexibility index (Phi) is 9.83. The lowest BCUT2D eigenvalue weighted by molar-refractivity contribution is -0.152. The summed E-state index contributed by atoms with van der Waals surface area (Å²) in [5.74, 6) is -1.94. The summed E-state index contributed by atoms with van der Waals surface area (Å²) in [6, 6.07) is 5.29. The number of halogens is 4. The van der Waals surface area contributed by atoms with Gasteiger partial charge in [0, 0.05) is 36.8 Å². The average molecular weight is 665 g/mol. The second-order valence-corrected chi connectivity index (χ2v) is 12.6. The van der Waals surface area contributed by atoms with Crippen molar-refractivity contribution in [3.05, 3.63) is 47.1 Å². The van der Waals surface area contributed by atoms with Gasteiger partial charge in [-0.2, -0.15) is 5.10 Å². The van der Waals surface area contributed by atoms with Gasteiger partial charge in [-0.15, -0.1) is 0 Å². The third-order valence-electron chi connectivity index (χ3n) is 7.83. The Bertz CT molecular complexity index is 1600. The van der Waals surface area contributed by atoms with Gasteiger partial charge < -0.3 is 19.1 Å². The number of alkyl halides is 3. The van der Waals surface area contributed by atoms with Crippen LogP contribution in [0.1, 0.15) is 52.1 Å². The zero-order valence-electron chi connectivity index (χ0n) is 26.0. The summed E-state index contributed by atoms with van der Waals surface area (Å²) in [4.78, 5) is 43.1. The number of ether oxygens (including phenoxy) is 3. The highest BCUT2D eigenvalue weighted by Crippen LogP contribution is 2.41. The van der Waals surface area contributed by atoms with Gasteiger partial charge in [-0.25, -0.2) is 27.4 Å². The second-order valence-electron chi connectivity index (χ2n) is 12.2. The lowest BCUT2D eigenvalue weighted by Crippen LogP contribution is -2.47. The number of amides is 1. The van der Waals surface area contributed by atoms with E-state index in [2.05, 4.69) is 10.00 Å². The van der Waals surface area contributed by atoms with Gasteiger partial charge in [0.1, 0.15) is 17.3 Å². The third kappa shape index (κ3) is 6.95. The molecule has 0 spiro atoms. The molecule has 0 bridgehead atoms. The molecule has 0 saturated carbocycles. The van der Waals surface area contributed by atoms with Gasteiger partial charge in [0.25, 0.3) is 6.43 Å². The maximum absolute atomic E-state index is 14.8. The van der Waals surface area contributed by atoms with Crippen LogP contribution >= 0.6 is 11.6 Å². The van der Waals surface area contributed by atoms with Crippen LogP contribution in [0.4, 0.5) is 23.7 Å². The normalized spacial score (nSPS) is 19.5. The van der Waals surface area contributed by atoms with Crippen molar-refractivity contribution in [3.8, 4) is 11.1 Å². The number of benzene rings is 2. The van der Waals surface area contributed by atoms with Crippen LogP contribution in [0.2, 0.25) is 5.02 Å². The molecular weight excluding hydrogens is 629 g/mol. The minimum atomic E-state index is -3.00. The van der Waals surface area contributed by atoms with E-state index >= 15 is 0 Å². The number of carbonyl (C=O) groups is 3. The molecule has 0 N–H and O–H groups in total. The number of ketones is 1. The van der Waals surface area contributed by atoms with Gasteiger partial charge in [0.2, 0.25) is 6.04 Å². The molecule has 0 aliphatic carbocycles. The highest BCUT2D eigenvalue weighted by atomic mass is 35.5. The highest BCUT2D eigenvalue weighted by molar-refractivity contribution is 6.36. The molecule has 2 aliphatic heterocycles. The number of aromatic nitrogens is 2. The van der Waals surface area contributed by atoms with E-state index in [9.17, 15) is 27.6 Å². The summed E-state index contributed by atoms with van der Waals surface area (Å²) in [5, 5.41) is 4.43. The van der Waals surface area contributed by atoms with Crippen molar-refractivity contribution in [2.45, 2.75) is 64.4 Å². The standard InChI is InChI=1S/C32H36ClF3N4O6/c1-5-45-30(42)27(28(41)24-14-19(34)16-39(24)31(43)46-32(2,3)4)40-17-22-23(33)15-21(25(29(35)36)26(22)37-40)18-6-8-20(9-7-18)38-10-12-44-13-11-38/h6-9,15,17,19,24,27,29H,5,10-14,16H2,1-4H3/t19-,24+,27?/m1/s1. The van der Waals surface area contributed by atoms with Crippen LogP contribution in [-0.2, 0) is 23.8 Å². The Hall–Kier alpha value is -3.84. The molecule has 248 valence electrons. The number of carbonyl (C=O) groups excluding carboxylic acids is 3. The quantitative estimate of drug-likeness (QED) is 0.209. The van der Waals surface area contributed by atoms with Crippen molar-refractivity contribution < 1.29 is 41.8 Å². The van der Waals surface area contributed by atoms with Crippen molar-refractivity contribution >= 4 is 46.0 Å². The molecular formula is C32H36ClF3N4O6. The Morgan fingerprint density at radius 1 is 1.13 bits per heavy atom. The van der Waals surface area contributed by atoms with Gasteiger partial charge in [0.15, 0.2) is 5.78 Å². The zero-order valence-corrected chi connectivity index (χ0v) is 26.7. The van der Waals surface area contributed by atoms with Gasteiger partial charge in [-0.05, 0) is 57.0 Å². The Labute approximate surface area is 269 Å². The lowest BCUT2D eigenvalue weighted by atomic mass is 9.97. The van der Waals surface area contributed by atoms with Crippen molar-refractivity contribution in [2.24, 2.45) is 0 Å². The van der Waals surface area contributed by atoms with Crippen LogP contribution in [0.15, 0.2) is 36.5 Å². The van der Waals surface area contributed by atoms with E-state index in [0.717, 1.165) is 15.3 Å². The zero-order chi connectivity index (χ0) is 33.3. The van der Waals surface area contributed by atoms with Crippen molar-refractivity contribution in [1.82, 2.24) is 14.7 Å². The van der Waals surface area contributed by atoms with E-state index in [1.54, 1.807) is 32.9 Å². The molecule has 1 amide bonds. The predicted octanol–water partition coefficient (Wildman–Crippen LogP) is 6.15. The molecule has 5 rings (SSSR count). The molecule has 1 aromatic heterocycles. The molecule has 0 radical (unpaired) electrons. The molecule has 46 heavy (non-hydrogen) atoms. The smallest absolute Gasteiger partial charge is 0.411 e. The number of nitrogens with zero attached hydrogens (tertiary/aromatic N) is 4. The number of hydrogen-bond donors (Lipinski definition) is 0. The number of rotatable bonds is 8. The average Bonchev–Trinajstić information content (AvgIpc) is 3.61. The second kappa shape index (κ2) is 13.5. The fourth-order valence-corrected chi connectivity index (χ4v) is 6.02. The summed E-state index contributed by atoms with van der Waals surface area (Å²) in [6.45, 7) is 8.47. The number of anilines is 1. The number of Topliss-reactive ketones (excluding diaryl/α,β-unsaturated/α-hetero) is 1. The van der Waals surface area contributed by atoms with E-state index in [-0.39, 0.29) is 34.5 Å². The predicted molar refractivity (Wildman–Crippen MR) is 165 cm³/mol. The van der Waals surface area contributed by atoms with E-state index in [0.29, 0.717) is 31.9 Å². The molecule has 1 unspecified atom stereocenters. The summed E-state index contributed by atoms with van der Waals surface area (Å²) >= 11 is 6.61. The lowest BCUT2D eigenvalue weighted by Gasteiger charge is -2.29. The monoisotopic (exact) mass is 664 g/mol. The summed E-state index contributed by atoms with van der Waals surface area (Å²) in [5.41, 5.74) is -0.0553. The van der Waals surface area contributed by atoms with Gasteiger partial charge in [-0.1, -0.05) is 23.7 Å². The van der Waals surface area contributed by atoms with E-state index in [4.69, 9.17) is 25.8 Å². The maximum Gasteiger partial charge on any atom is 0.411 e. The summed E-state index contributed by atoms with van der Waals surface area (Å²) < 4.78 is 61.0. The number of esters is 1. The minimum Gasteiger partial charge on any atom is -0.464 e. The maximum atomic E-state index is 14.8. The van der Waals surface area contributed by atoms with Crippen molar-refractivity contribution in [3.63, 3.8) is 0 Å². The molecule has 2 fully saturated rings. The largest absolute Gasteiger partial charge is 0.464 e. The molecule has 2 aromatic carbocycles. The van der Waals surface area contributed by atoms with Gasteiger partial charge >= 0.3 is 12.1 Å². The van der Waals surface area contributed by atoms with E-state index in [1.165, 1.54) is 19.2 Å². The fraction of sp³-hybridized carbons (Fsp3) is 0.500. The number of morpholine rings is 1. The van der Waals surface area contributed by atoms with E-state index in [1.807, 2.05) is 12.1 Å². The first-order valence-electron chi connectivity index (χ1n) is 15.1. The molecule has 14 heteroatoms. The molecule has 3 atom stereocenters. The van der Waals surface area contributed by atoms with Gasteiger partial charge in [0.05, 0.1) is 43.0 Å². The van der Waals surface area contributed by atoms with Crippen LogP contribution in [0, 0.1) is 0 Å². The summed E-state index contributed by atoms with van der Waals surface area (Å²) in [7, 11) is 0. The number of fused-ring (bicyclic) bond motifs is 1. The first-order valence-corrected chi connectivity index (χ1v) is 15.4. The van der Waals surface area contributed by atoms with Crippen LogP contribution in [-0.4, -0.2) is 89.8 Å². The third-order valence-corrected chi connectivity index (χ3v) is 8.14. The number of hydrogen-bond acceptors (Lipinski definition) is 8. The van der Waals surface area contributed by atoms with Crippen LogP contribution < -0.4 is 4.90 Å². The Morgan fingerprint density at radius 2 is 1.80 bits per heavy atom. The highest BCUT2D eigenvalue weighted by Gasteiger charge is 2.47. The molecule has 2 aliphatic rings. The topological polar surface area (TPSA) is 103 Å². The van der Waals surface area contributed by atoms with Crippen molar-refractivity contribution in [2.75, 3.05) is 44.4 Å². The number of likely N-dealkylation sites (tertiary alicyclic amines) is 1. The molecule has 10 nitrogen and oxygen atoms in total. The minimum absolute atomic E-state index is 0.0630. The first kappa shape index (κ1) is 33.5. The van der Waals surface area contributed by atoms with Gasteiger partial charge in [-0.3, -0.25) is 9.69 Å². The Balaban J connectivity index is 1.55. The molecule has 2 saturated heterocycles. The Morgan fingerprint density at radius 3 is 2.41 bits per heavy atom. The van der Waals surface area contributed by atoms with Crippen LogP contribution in [0.5, 0.6) is 0 Å². The molecule has 3 heterocycles. The fourth-order valence-electron chi connectivity index (χ4n) is 5.78. The van der Waals surface area contributed by atoms with Crippen LogP contribution in [0.25, 0.3) is 22.0 Å². The van der Waals surface area contributed by atoms with Crippen LogP contribution in [0.3, 0.4) is 0 Å².